The third-order valence-electron chi connectivity index (χ3n) is 3.42. The number of rotatable bonds is 6. The van der Waals surface area contributed by atoms with Gasteiger partial charge in [-0.05, 0) is 24.2 Å². The number of alkyl halides is 1. The van der Waals surface area contributed by atoms with Crippen LogP contribution in [0.15, 0.2) is 0 Å². The molecule has 1 saturated carbocycles. The van der Waals surface area contributed by atoms with E-state index in [1.54, 1.807) is 0 Å². The Kier molecular flexibility index (Phi) is 5.93. The van der Waals surface area contributed by atoms with E-state index in [1.807, 2.05) is 13.8 Å². The van der Waals surface area contributed by atoms with Crippen molar-refractivity contribution in [2.24, 2.45) is 11.3 Å². The molecule has 17 heavy (non-hydrogen) atoms. The van der Waals surface area contributed by atoms with Gasteiger partial charge in [-0.3, -0.25) is 0 Å². The molecule has 0 aromatic rings. The van der Waals surface area contributed by atoms with Crippen molar-refractivity contribution in [1.29, 1.82) is 0 Å². The van der Waals surface area contributed by atoms with Crippen LogP contribution in [0.1, 0.15) is 46.0 Å². The fourth-order valence-electron chi connectivity index (χ4n) is 2.42. The van der Waals surface area contributed by atoms with Crippen LogP contribution in [0.3, 0.4) is 0 Å². The van der Waals surface area contributed by atoms with Gasteiger partial charge in [0.15, 0.2) is 0 Å². The molecule has 1 rings (SSSR count). The Morgan fingerprint density at radius 2 is 1.82 bits per heavy atom. The normalized spacial score (nSPS) is 20.7. The van der Waals surface area contributed by atoms with Crippen molar-refractivity contribution < 1.29 is 8.42 Å². The van der Waals surface area contributed by atoms with Gasteiger partial charge in [0.2, 0.25) is 10.0 Å². The summed E-state index contributed by atoms with van der Waals surface area (Å²) < 4.78 is 26.4. The second-order valence-corrected chi connectivity index (χ2v) is 8.10. The molecular formula is C12H24BrNO2S. The second-order valence-electron chi connectivity index (χ2n) is 5.69. The van der Waals surface area contributed by atoms with Crippen LogP contribution in [-0.4, -0.2) is 26.0 Å². The van der Waals surface area contributed by atoms with Gasteiger partial charge < -0.3 is 0 Å². The average molecular weight is 326 g/mol. The summed E-state index contributed by atoms with van der Waals surface area (Å²) in [6.07, 6.45) is 5.98. The molecule has 1 aliphatic rings. The van der Waals surface area contributed by atoms with Crippen LogP contribution in [0, 0.1) is 11.3 Å². The quantitative estimate of drug-likeness (QED) is 0.763. The van der Waals surface area contributed by atoms with Gasteiger partial charge in [-0.25, -0.2) is 13.1 Å². The number of nitrogens with one attached hydrogen (secondary N) is 1. The summed E-state index contributed by atoms with van der Waals surface area (Å²) >= 11 is 3.55. The third-order valence-corrected chi connectivity index (χ3v) is 6.30. The Hall–Kier alpha value is 0.390. The highest BCUT2D eigenvalue weighted by atomic mass is 79.9. The summed E-state index contributed by atoms with van der Waals surface area (Å²) in [6, 6.07) is 0. The minimum absolute atomic E-state index is 0.141. The van der Waals surface area contributed by atoms with Gasteiger partial charge in [0.1, 0.15) is 0 Å². The zero-order chi connectivity index (χ0) is 12.9. The van der Waals surface area contributed by atoms with Crippen molar-refractivity contribution in [3.05, 3.63) is 0 Å². The molecular weight excluding hydrogens is 302 g/mol. The lowest BCUT2D eigenvalue weighted by molar-refractivity contribution is 0.227. The van der Waals surface area contributed by atoms with E-state index in [9.17, 15) is 8.42 Å². The lowest BCUT2D eigenvalue weighted by Crippen LogP contribution is -2.41. The van der Waals surface area contributed by atoms with Gasteiger partial charge in [0, 0.05) is 11.9 Å². The monoisotopic (exact) mass is 325 g/mol. The summed E-state index contributed by atoms with van der Waals surface area (Å²) in [5.41, 5.74) is 0.141. The van der Waals surface area contributed by atoms with Crippen LogP contribution >= 0.6 is 15.9 Å². The van der Waals surface area contributed by atoms with Crippen LogP contribution < -0.4 is 4.72 Å². The Bertz CT molecular complexity index is 321. The molecule has 102 valence electrons. The Morgan fingerprint density at radius 1 is 1.24 bits per heavy atom. The van der Waals surface area contributed by atoms with Gasteiger partial charge in [-0.15, -0.1) is 0 Å². The lowest BCUT2D eigenvalue weighted by Gasteiger charge is -2.35. The molecule has 0 aromatic heterocycles. The summed E-state index contributed by atoms with van der Waals surface area (Å²) in [5.74, 6) is 0.407. The van der Waals surface area contributed by atoms with Crippen molar-refractivity contribution in [2.75, 3.05) is 17.6 Å². The summed E-state index contributed by atoms with van der Waals surface area (Å²) in [4.78, 5) is 0. The van der Waals surface area contributed by atoms with Crippen LogP contribution in [-0.2, 0) is 10.0 Å². The van der Waals surface area contributed by atoms with E-state index in [0.717, 1.165) is 18.2 Å². The zero-order valence-electron chi connectivity index (χ0n) is 10.8. The topological polar surface area (TPSA) is 46.2 Å². The van der Waals surface area contributed by atoms with Crippen LogP contribution in [0.2, 0.25) is 0 Å². The van der Waals surface area contributed by atoms with E-state index in [-0.39, 0.29) is 17.1 Å². The lowest BCUT2D eigenvalue weighted by atomic mass is 9.76. The first kappa shape index (κ1) is 15.4. The van der Waals surface area contributed by atoms with E-state index >= 15 is 0 Å². The average Bonchev–Trinajstić information content (AvgIpc) is 2.26. The van der Waals surface area contributed by atoms with Crippen LogP contribution in [0.25, 0.3) is 0 Å². The first-order valence-electron chi connectivity index (χ1n) is 6.42. The SMILES string of the molecule is CC(C)CS(=O)(=O)NCC1(CBr)CCCCC1. The molecule has 0 bridgehead atoms. The van der Waals surface area contributed by atoms with Crippen molar-refractivity contribution in [1.82, 2.24) is 4.72 Å². The fourth-order valence-corrected chi connectivity index (χ4v) is 4.70. The van der Waals surface area contributed by atoms with Gasteiger partial charge in [-0.2, -0.15) is 0 Å². The maximum atomic E-state index is 11.8. The maximum Gasteiger partial charge on any atom is 0.211 e. The molecule has 0 aromatic carbocycles. The predicted octanol–water partition coefficient (Wildman–Crippen LogP) is 2.91. The molecule has 0 aliphatic heterocycles. The first-order valence-corrected chi connectivity index (χ1v) is 9.20. The Morgan fingerprint density at radius 3 is 2.29 bits per heavy atom. The number of halogens is 1. The number of sulfonamides is 1. The molecule has 5 heteroatoms. The van der Waals surface area contributed by atoms with Gasteiger partial charge in [0.05, 0.1) is 5.75 Å². The zero-order valence-corrected chi connectivity index (χ0v) is 13.2. The summed E-state index contributed by atoms with van der Waals surface area (Å²) in [6.45, 7) is 4.45. The molecule has 0 radical (unpaired) electrons. The van der Waals surface area contributed by atoms with E-state index in [4.69, 9.17) is 0 Å². The highest BCUT2D eigenvalue weighted by molar-refractivity contribution is 9.09. The van der Waals surface area contributed by atoms with Crippen LogP contribution in [0.4, 0.5) is 0 Å². The van der Waals surface area contributed by atoms with Crippen molar-refractivity contribution in [3.8, 4) is 0 Å². The fraction of sp³-hybridized carbons (Fsp3) is 1.00. The first-order chi connectivity index (χ1) is 7.89. The minimum atomic E-state index is -3.10. The van der Waals surface area contributed by atoms with Crippen molar-refractivity contribution in [3.63, 3.8) is 0 Å². The van der Waals surface area contributed by atoms with Gasteiger partial charge >= 0.3 is 0 Å². The van der Waals surface area contributed by atoms with E-state index in [2.05, 4.69) is 20.7 Å². The predicted molar refractivity (Wildman–Crippen MR) is 75.9 cm³/mol. The van der Waals surface area contributed by atoms with Gasteiger partial charge in [0.25, 0.3) is 0 Å². The minimum Gasteiger partial charge on any atom is -0.215 e. The molecule has 0 saturated heterocycles. The molecule has 1 fully saturated rings. The highest BCUT2D eigenvalue weighted by Crippen LogP contribution is 2.37. The smallest absolute Gasteiger partial charge is 0.211 e. The molecule has 0 spiro atoms. The van der Waals surface area contributed by atoms with Crippen molar-refractivity contribution in [2.45, 2.75) is 46.0 Å². The molecule has 0 atom stereocenters. The van der Waals surface area contributed by atoms with Crippen LogP contribution in [0.5, 0.6) is 0 Å². The number of hydrogen-bond donors (Lipinski definition) is 1. The van der Waals surface area contributed by atoms with E-state index in [0.29, 0.717) is 6.54 Å². The molecule has 3 nitrogen and oxygen atoms in total. The highest BCUT2D eigenvalue weighted by Gasteiger charge is 2.32. The van der Waals surface area contributed by atoms with Crippen molar-refractivity contribution >= 4 is 26.0 Å². The molecule has 0 unspecified atom stereocenters. The Labute approximate surface area is 114 Å². The largest absolute Gasteiger partial charge is 0.215 e. The molecule has 0 amide bonds. The van der Waals surface area contributed by atoms with E-state index < -0.39 is 10.0 Å². The molecule has 1 aliphatic carbocycles. The van der Waals surface area contributed by atoms with Gasteiger partial charge in [-0.1, -0.05) is 49.0 Å². The molecule has 0 heterocycles. The third kappa shape index (κ3) is 5.26. The maximum absolute atomic E-state index is 11.8. The summed E-state index contributed by atoms with van der Waals surface area (Å²) in [5, 5.41) is 0.893. The second kappa shape index (κ2) is 6.53. The summed E-state index contributed by atoms with van der Waals surface area (Å²) in [7, 11) is -3.10. The standard InChI is InChI=1S/C12H24BrNO2S/c1-11(2)8-17(15,16)14-10-12(9-13)6-4-3-5-7-12/h11,14H,3-10H2,1-2H3. The number of hydrogen-bond acceptors (Lipinski definition) is 2. The van der Waals surface area contributed by atoms with E-state index in [1.165, 1.54) is 19.3 Å². The molecule has 1 N–H and O–H groups in total. The Balaban J connectivity index is 2.52.